The summed E-state index contributed by atoms with van der Waals surface area (Å²) in [7, 11) is 1.88. The van der Waals surface area contributed by atoms with Crippen LogP contribution < -0.4 is 5.32 Å². The van der Waals surface area contributed by atoms with Crippen LogP contribution in [0.5, 0.6) is 0 Å². The summed E-state index contributed by atoms with van der Waals surface area (Å²) in [4.78, 5) is 9.83. The zero-order valence-corrected chi connectivity index (χ0v) is 12.7. The van der Waals surface area contributed by atoms with Crippen LogP contribution in [0.1, 0.15) is 4.88 Å². The Hall–Kier alpha value is -1.47. The number of hydrogen-bond donors (Lipinski definition) is 1. The standard InChI is InChI=1S/C12H12BrN5S/c1-18-12-9(6-17-18)11(15-7-16-12)14-5-4-8-2-3-10(13)19-8/h2-3,6-7H,4-5H2,1H3,(H,14,15,16). The van der Waals surface area contributed by atoms with Crippen LogP contribution in [0.4, 0.5) is 5.82 Å². The summed E-state index contributed by atoms with van der Waals surface area (Å²) in [5.41, 5.74) is 0.844. The molecular weight excluding hydrogens is 326 g/mol. The molecule has 1 N–H and O–H groups in total. The normalized spacial score (nSPS) is 11.1. The van der Waals surface area contributed by atoms with Crippen molar-refractivity contribution in [1.82, 2.24) is 19.7 Å². The minimum atomic E-state index is 0.841. The second-order valence-corrected chi connectivity index (χ2v) is 6.66. The van der Waals surface area contributed by atoms with Gasteiger partial charge in [0, 0.05) is 18.5 Å². The Morgan fingerprint density at radius 2 is 2.26 bits per heavy atom. The predicted molar refractivity (Wildman–Crippen MR) is 80.5 cm³/mol. The molecule has 3 rings (SSSR count). The highest BCUT2D eigenvalue weighted by atomic mass is 79.9. The minimum absolute atomic E-state index is 0.841. The largest absolute Gasteiger partial charge is 0.369 e. The molecule has 0 bridgehead atoms. The average molecular weight is 338 g/mol. The fourth-order valence-electron chi connectivity index (χ4n) is 1.89. The van der Waals surface area contributed by atoms with E-state index in [-0.39, 0.29) is 0 Å². The molecule has 0 aliphatic rings. The van der Waals surface area contributed by atoms with Crippen molar-refractivity contribution in [2.45, 2.75) is 6.42 Å². The lowest BCUT2D eigenvalue weighted by atomic mass is 10.3. The summed E-state index contributed by atoms with van der Waals surface area (Å²) in [6, 6.07) is 4.21. The number of aryl methyl sites for hydroxylation is 1. The number of thiophene rings is 1. The average Bonchev–Trinajstić information content (AvgIpc) is 2.98. The van der Waals surface area contributed by atoms with Gasteiger partial charge in [0.2, 0.25) is 0 Å². The molecule has 3 heterocycles. The SMILES string of the molecule is Cn1ncc2c(NCCc3ccc(Br)s3)ncnc21. The van der Waals surface area contributed by atoms with E-state index in [0.717, 1.165) is 29.8 Å². The minimum Gasteiger partial charge on any atom is -0.369 e. The Balaban J connectivity index is 1.71. The lowest BCUT2D eigenvalue weighted by Crippen LogP contribution is -2.06. The molecular formula is C12H12BrN5S. The first-order chi connectivity index (χ1) is 9.24. The molecule has 0 aliphatic heterocycles. The van der Waals surface area contributed by atoms with E-state index in [1.807, 2.05) is 7.05 Å². The van der Waals surface area contributed by atoms with Crippen molar-refractivity contribution in [2.24, 2.45) is 7.05 Å². The van der Waals surface area contributed by atoms with Gasteiger partial charge in [0.25, 0.3) is 0 Å². The van der Waals surface area contributed by atoms with Crippen LogP contribution in [0.2, 0.25) is 0 Å². The summed E-state index contributed by atoms with van der Waals surface area (Å²) in [6.45, 7) is 0.841. The van der Waals surface area contributed by atoms with E-state index in [1.54, 1.807) is 28.5 Å². The molecule has 0 aliphatic carbocycles. The van der Waals surface area contributed by atoms with Gasteiger partial charge in [-0.25, -0.2) is 9.97 Å². The molecule has 98 valence electrons. The van der Waals surface area contributed by atoms with Crippen LogP contribution in [0.15, 0.2) is 28.4 Å². The van der Waals surface area contributed by atoms with Gasteiger partial charge in [-0.3, -0.25) is 4.68 Å². The number of aromatic nitrogens is 4. The molecule has 0 unspecified atom stereocenters. The van der Waals surface area contributed by atoms with Crippen LogP contribution in [0, 0.1) is 0 Å². The molecule has 0 amide bonds. The van der Waals surface area contributed by atoms with Gasteiger partial charge in [-0.15, -0.1) is 11.3 Å². The zero-order valence-electron chi connectivity index (χ0n) is 10.3. The van der Waals surface area contributed by atoms with E-state index >= 15 is 0 Å². The van der Waals surface area contributed by atoms with Crippen molar-refractivity contribution in [1.29, 1.82) is 0 Å². The van der Waals surface area contributed by atoms with Gasteiger partial charge >= 0.3 is 0 Å². The van der Waals surface area contributed by atoms with Crippen molar-refractivity contribution in [3.05, 3.63) is 33.3 Å². The molecule has 3 aromatic rings. The first-order valence-electron chi connectivity index (χ1n) is 5.85. The maximum absolute atomic E-state index is 4.28. The van der Waals surface area contributed by atoms with Crippen LogP contribution in [-0.4, -0.2) is 26.3 Å². The van der Waals surface area contributed by atoms with Crippen LogP contribution in [-0.2, 0) is 13.5 Å². The Morgan fingerprint density at radius 1 is 1.37 bits per heavy atom. The Morgan fingerprint density at radius 3 is 3.05 bits per heavy atom. The molecule has 3 aromatic heterocycles. The van der Waals surface area contributed by atoms with Gasteiger partial charge in [-0.1, -0.05) is 0 Å². The van der Waals surface area contributed by atoms with E-state index in [1.165, 1.54) is 8.66 Å². The molecule has 7 heteroatoms. The molecule has 0 saturated heterocycles. The molecule has 0 spiro atoms. The fourth-order valence-corrected chi connectivity index (χ4v) is 3.38. The van der Waals surface area contributed by atoms with Gasteiger partial charge in [0.05, 0.1) is 15.4 Å². The molecule has 0 fully saturated rings. The highest BCUT2D eigenvalue weighted by molar-refractivity contribution is 9.11. The molecule has 0 saturated carbocycles. The quantitative estimate of drug-likeness (QED) is 0.795. The molecule has 0 atom stereocenters. The van der Waals surface area contributed by atoms with Gasteiger partial charge in [-0.05, 0) is 34.5 Å². The van der Waals surface area contributed by atoms with Gasteiger partial charge < -0.3 is 5.32 Å². The third-order valence-corrected chi connectivity index (χ3v) is 4.51. The monoisotopic (exact) mass is 337 g/mol. The van der Waals surface area contributed by atoms with Gasteiger partial charge in [0.1, 0.15) is 12.1 Å². The van der Waals surface area contributed by atoms with E-state index in [9.17, 15) is 0 Å². The molecule has 0 radical (unpaired) electrons. The number of nitrogens with zero attached hydrogens (tertiary/aromatic N) is 4. The number of hydrogen-bond acceptors (Lipinski definition) is 5. The number of nitrogens with one attached hydrogen (secondary N) is 1. The van der Waals surface area contributed by atoms with Crippen LogP contribution in [0.3, 0.4) is 0 Å². The number of halogens is 1. The fraction of sp³-hybridized carbons (Fsp3) is 0.250. The molecule has 19 heavy (non-hydrogen) atoms. The van der Waals surface area contributed by atoms with Crippen molar-refractivity contribution in [2.75, 3.05) is 11.9 Å². The second-order valence-electron chi connectivity index (χ2n) is 4.11. The highest BCUT2D eigenvalue weighted by Gasteiger charge is 2.07. The van der Waals surface area contributed by atoms with Crippen LogP contribution >= 0.6 is 27.3 Å². The lowest BCUT2D eigenvalue weighted by Gasteiger charge is -2.05. The van der Waals surface area contributed by atoms with E-state index < -0.39 is 0 Å². The topological polar surface area (TPSA) is 55.6 Å². The lowest BCUT2D eigenvalue weighted by molar-refractivity contribution is 0.785. The second kappa shape index (κ2) is 5.26. The summed E-state index contributed by atoms with van der Waals surface area (Å²) in [5.74, 6) is 0.841. The maximum atomic E-state index is 4.28. The molecule has 5 nitrogen and oxygen atoms in total. The number of anilines is 1. The Bertz CT molecular complexity index is 705. The smallest absolute Gasteiger partial charge is 0.163 e. The third-order valence-electron chi connectivity index (χ3n) is 2.82. The van der Waals surface area contributed by atoms with E-state index in [0.29, 0.717) is 0 Å². The number of rotatable bonds is 4. The summed E-state index contributed by atoms with van der Waals surface area (Å²) in [6.07, 6.45) is 4.33. The Labute approximate surface area is 122 Å². The van der Waals surface area contributed by atoms with Gasteiger partial charge in [0.15, 0.2) is 5.65 Å². The summed E-state index contributed by atoms with van der Waals surface area (Å²) in [5, 5.41) is 8.50. The van der Waals surface area contributed by atoms with Crippen molar-refractivity contribution in [3.8, 4) is 0 Å². The first kappa shape index (κ1) is 12.6. The van der Waals surface area contributed by atoms with Crippen molar-refractivity contribution in [3.63, 3.8) is 0 Å². The summed E-state index contributed by atoms with van der Waals surface area (Å²) < 4.78 is 2.91. The zero-order chi connectivity index (χ0) is 13.2. The number of fused-ring (bicyclic) bond motifs is 1. The van der Waals surface area contributed by atoms with E-state index in [2.05, 4.69) is 48.4 Å². The maximum Gasteiger partial charge on any atom is 0.163 e. The van der Waals surface area contributed by atoms with Crippen LogP contribution in [0.25, 0.3) is 11.0 Å². The Kier molecular flexibility index (Phi) is 3.48. The summed E-state index contributed by atoms with van der Waals surface area (Å²) >= 11 is 5.23. The first-order valence-corrected chi connectivity index (χ1v) is 7.46. The van der Waals surface area contributed by atoms with Gasteiger partial charge in [-0.2, -0.15) is 5.10 Å². The molecule has 0 aromatic carbocycles. The predicted octanol–water partition coefficient (Wildman–Crippen LogP) is 2.84. The third kappa shape index (κ3) is 2.62. The van der Waals surface area contributed by atoms with E-state index in [4.69, 9.17) is 0 Å². The van der Waals surface area contributed by atoms with Crippen molar-refractivity contribution >= 4 is 44.1 Å². The van der Waals surface area contributed by atoms with Crippen molar-refractivity contribution < 1.29 is 0 Å². The highest BCUT2D eigenvalue weighted by Crippen LogP contribution is 2.23.